The van der Waals surface area contributed by atoms with E-state index in [1.54, 1.807) is 49.4 Å². The highest BCUT2D eigenvalue weighted by Crippen LogP contribution is 2.29. The van der Waals surface area contributed by atoms with Crippen LogP contribution < -0.4 is 15.0 Å². The van der Waals surface area contributed by atoms with Crippen molar-refractivity contribution >= 4 is 38.3 Å². The van der Waals surface area contributed by atoms with Crippen molar-refractivity contribution in [2.75, 3.05) is 30.9 Å². The molecule has 0 atom stereocenters. The second-order valence-electron chi connectivity index (χ2n) is 5.22. The molecule has 124 valence electrons. The zero-order valence-corrected chi connectivity index (χ0v) is 14.1. The zero-order chi connectivity index (χ0) is 17.1. The number of nitrogens with zero attached hydrogens (tertiary/aromatic N) is 2. The maximum Gasteiger partial charge on any atom is 0.243 e. The van der Waals surface area contributed by atoms with Gasteiger partial charge in [-0.2, -0.15) is 0 Å². The molecule has 7 heteroatoms. The molecule has 1 heterocycles. The van der Waals surface area contributed by atoms with Gasteiger partial charge in [-0.15, -0.1) is 0 Å². The first-order chi connectivity index (χ1) is 11.6. The van der Waals surface area contributed by atoms with E-state index >= 15 is 0 Å². The number of hydrogen-bond donors (Lipinski definition) is 1. The predicted molar refractivity (Wildman–Crippen MR) is 94.5 cm³/mol. The van der Waals surface area contributed by atoms with E-state index in [2.05, 4.69) is 10.3 Å². The van der Waals surface area contributed by atoms with Crippen LogP contribution in [0.1, 0.15) is 0 Å². The lowest BCUT2D eigenvalue weighted by Crippen LogP contribution is -2.29. The Bertz CT molecular complexity index is 864. The van der Waals surface area contributed by atoms with E-state index in [9.17, 15) is 9.18 Å². The molecule has 0 aliphatic heterocycles. The summed E-state index contributed by atoms with van der Waals surface area (Å²) in [4.78, 5) is 18.1. The fraction of sp³-hybridized carbons (Fsp3) is 0.176. The standard InChI is InChI=1S/C17H16FN3O2S/c1-21(17-20-16-13(18)4-3-5-14(16)24-17)10-15(22)19-11-6-8-12(23-2)9-7-11/h3-9H,10H2,1-2H3,(H,19,22). The van der Waals surface area contributed by atoms with Crippen LogP contribution in [0.5, 0.6) is 5.75 Å². The summed E-state index contributed by atoms with van der Waals surface area (Å²) < 4.78 is 19.5. The molecule has 1 N–H and O–H groups in total. The Kier molecular flexibility index (Phi) is 4.61. The van der Waals surface area contributed by atoms with Gasteiger partial charge < -0.3 is 15.0 Å². The van der Waals surface area contributed by atoms with E-state index in [1.807, 2.05) is 6.07 Å². The lowest BCUT2D eigenvalue weighted by atomic mass is 10.3. The summed E-state index contributed by atoms with van der Waals surface area (Å²) in [6.45, 7) is 0.119. The van der Waals surface area contributed by atoms with Crippen LogP contribution >= 0.6 is 11.3 Å². The van der Waals surface area contributed by atoms with Crippen molar-refractivity contribution in [2.24, 2.45) is 0 Å². The van der Waals surface area contributed by atoms with Crippen LogP contribution in [0.2, 0.25) is 0 Å². The third-order valence-electron chi connectivity index (χ3n) is 3.44. The van der Waals surface area contributed by atoms with Crippen molar-refractivity contribution in [2.45, 2.75) is 0 Å². The van der Waals surface area contributed by atoms with Crippen LogP contribution in [0.15, 0.2) is 42.5 Å². The smallest absolute Gasteiger partial charge is 0.243 e. The normalized spacial score (nSPS) is 10.6. The number of thiazole rings is 1. The van der Waals surface area contributed by atoms with Crippen molar-refractivity contribution in [1.29, 1.82) is 0 Å². The van der Waals surface area contributed by atoms with E-state index in [1.165, 1.54) is 17.4 Å². The zero-order valence-electron chi connectivity index (χ0n) is 13.2. The van der Waals surface area contributed by atoms with E-state index in [-0.39, 0.29) is 18.3 Å². The van der Waals surface area contributed by atoms with Gasteiger partial charge in [0, 0.05) is 12.7 Å². The van der Waals surface area contributed by atoms with Crippen LogP contribution in [0, 0.1) is 5.82 Å². The van der Waals surface area contributed by atoms with Gasteiger partial charge in [0.05, 0.1) is 18.4 Å². The van der Waals surface area contributed by atoms with Crippen molar-refractivity contribution in [3.05, 3.63) is 48.3 Å². The lowest BCUT2D eigenvalue weighted by Gasteiger charge is -2.15. The Morgan fingerprint density at radius 3 is 2.71 bits per heavy atom. The molecular formula is C17H16FN3O2S. The largest absolute Gasteiger partial charge is 0.497 e. The summed E-state index contributed by atoms with van der Waals surface area (Å²) in [5, 5.41) is 3.40. The number of ether oxygens (including phenoxy) is 1. The molecule has 2 aromatic carbocycles. The molecule has 0 saturated carbocycles. The number of methoxy groups -OCH3 is 1. The topological polar surface area (TPSA) is 54.5 Å². The number of aromatic nitrogens is 1. The molecule has 5 nitrogen and oxygen atoms in total. The van der Waals surface area contributed by atoms with Crippen LogP contribution in [0.3, 0.4) is 0 Å². The van der Waals surface area contributed by atoms with Gasteiger partial charge in [0.1, 0.15) is 17.1 Å². The summed E-state index contributed by atoms with van der Waals surface area (Å²) in [5.74, 6) is 0.190. The number of carbonyl (C=O) groups is 1. The van der Waals surface area contributed by atoms with Crippen molar-refractivity contribution in [1.82, 2.24) is 4.98 Å². The van der Waals surface area contributed by atoms with Gasteiger partial charge in [0.2, 0.25) is 5.91 Å². The summed E-state index contributed by atoms with van der Waals surface area (Å²) in [7, 11) is 3.34. The number of para-hydroxylation sites is 1. The van der Waals surface area contributed by atoms with Gasteiger partial charge >= 0.3 is 0 Å². The summed E-state index contributed by atoms with van der Waals surface area (Å²) in [6, 6.07) is 11.9. The molecule has 0 fully saturated rings. The molecule has 3 rings (SSSR count). The highest BCUT2D eigenvalue weighted by Gasteiger charge is 2.14. The Labute approximate surface area is 142 Å². The van der Waals surface area contributed by atoms with Gasteiger partial charge in [0.25, 0.3) is 0 Å². The number of anilines is 2. The average Bonchev–Trinajstić information content (AvgIpc) is 3.01. The number of fused-ring (bicyclic) bond motifs is 1. The van der Waals surface area contributed by atoms with E-state index < -0.39 is 0 Å². The summed E-state index contributed by atoms with van der Waals surface area (Å²) in [5.41, 5.74) is 1.02. The number of nitrogens with one attached hydrogen (secondary N) is 1. The third kappa shape index (κ3) is 3.46. The molecule has 0 bridgehead atoms. The maximum atomic E-state index is 13.7. The van der Waals surface area contributed by atoms with Gasteiger partial charge in [0.15, 0.2) is 5.13 Å². The third-order valence-corrected chi connectivity index (χ3v) is 4.57. The quantitative estimate of drug-likeness (QED) is 0.769. The van der Waals surface area contributed by atoms with Crippen molar-refractivity contribution < 1.29 is 13.9 Å². The SMILES string of the molecule is COc1ccc(NC(=O)CN(C)c2nc3c(F)cccc3s2)cc1. The molecule has 0 aliphatic carbocycles. The number of likely N-dealkylation sites (N-methyl/N-ethyl adjacent to an activating group) is 1. The molecular weight excluding hydrogens is 329 g/mol. The first-order valence-electron chi connectivity index (χ1n) is 7.27. The first kappa shape index (κ1) is 16.2. The molecule has 0 unspecified atom stereocenters. The second-order valence-corrected chi connectivity index (χ2v) is 6.22. The Balaban J connectivity index is 1.67. The highest BCUT2D eigenvalue weighted by molar-refractivity contribution is 7.22. The number of benzene rings is 2. The van der Waals surface area contributed by atoms with Gasteiger partial charge in [-0.05, 0) is 36.4 Å². The van der Waals surface area contributed by atoms with Crippen molar-refractivity contribution in [3.63, 3.8) is 0 Å². The number of rotatable bonds is 5. The summed E-state index contributed by atoms with van der Waals surface area (Å²) >= 11 is 1.35. The fourth-order valence-corrected chi connectivity index (χ4v) is 3.16. The Morgan fingerprint density at radius 2 is 2.04 bits per heavy atom. The molecule has 1 aromatic heterocycles. The van der Waals surface area contributed by atoms with E-state index in [4.69, 9.17) is 4.74 Å². The first-order valence-corrected chi connectivity index (χ1v) is 8.08. The monoisotopic (exact) mass is 345 g/mol. The van der Waals surface area contributed by atoms with Crippen molar-refractivity contribution in [3.8, 4) is 5.75 Å². The minimum atomic E-state index is -0.355. The lowest BCUT2D eigenvalue weighted by molar-refractivity contribution is -0.114. The fourth-order valence-electron chi connectivity index (χ4n) is 2.22. The maximum absolute atomic E-state index is 13.7. The molecule has 3 aromatic rings. The summed E-state index contributed by atoms with van der Waals surface area (Å²) in [6.07, 6.45) is 0. The molecule has 0 aliphatic rings. The molecule has 1 amide bonds. The number of hydrogen-bond acceptors (Lipinski definition) is 5. The minimum absolute atomic E-state index is 0.119. The molecule has 0 saturated heterocycles. The molecule has 24 heavy (non-hydrogen) atoms. The van der Waals surface area contributed by atoms with Gasteiger partial charge in [-0.3, -0.25) is 4.79 Å². The average molecular weight is 345 g/mol. The second kappa shape index (κ2) is 6.84. The van der Waals surface area contributed by atoms with Crippen LogP contribution in [0.4, 0.5) is 15.2 Å². The van der Waals surface area contributed by atoms with Crippen LogP contribution in [0.25, 0.3) is 10.2 Å². The van der Waals surface area contributed by atoms with Crippen LogP contribution in [-0.2, 0) is 4.79 Å². The molecule has 0 radical (unpaired) electrons. The molecule has 0 spiro atoms. The van der Waals surface area contributed by atoms with Gasteiger partial charge in [-0.25, -0.2) is 9.37 Å². The highest BCUT2D eigenvalue weighted by atomic mass is 32.1. The van der Waals surface area contributed by atoms with E-state index in [0.717, 1.165) is 10.4 Å². The Hall–Kier alpha value is -2.67. The Morgan fingerprint density at radius 1 is 1.29 bits per heavy atom. The van der Waals surface area contributed by atoms with Gasteiger partial charge in [-0.1, -0.05) is 17.4 Å². The van der Waals surface area contributed by atoms with E-state index in [0.29, 0.717) is 16.3 Å². The number of carbonyl (C=O) groups excluding carboxylic acids is 1. The predicted octanol–water partition coefficient (Wildman–Crippen LogP) is 3.52. The number of halogens is 1. The minimum Gasteiger partial charge on any atom is -0.497 e. The number of amides is 1. The van der Waals surface area contributed by atoms with Crippen LogP contribution in [-0.4, -0.2) is 31.6 Å².